The second kappa shape index (κ2) is 6.86. The van der Waals surface area contributed by atoms with Crippen molar-refractivity contribution < 1.29 is 9.53 Å². The van der Waals surface area contributed by atoms with Crippen LogP contribution in [-0.4, -0.2) is 37.1 Å². The fourth-order valence-electron chi connectivity index (χ4n) is 2.72. The fourth-order valence-corrected chi connectivity index (χ4v) is 2.72. The molecule has 1 saturated heterocycles. The Morgan fingerprint density at radius 1 is 1.30 bits per heavy atom. The van der Waals surface area contributed by atoms with E-state index in [4.69, 9.17) is 10.5 Å². The van der Waals surface area contributed by atoms with E-state index in [1.165, 1.54) is 0 Å². The fraction of sp³-hybridized carbons (Fsp3) is 0.562. The quantitative estimate of drug-likeness (QED) is 0.914. The molecule has 0 aromatic heterocycles. The molecule has 2 rings (SSSR count). The molecule has 1 aromatic carbocycles. The van der Waals surface area contributed by atoms with E-state index in [1.54, 1.807) is 7.11 Å². The number of methoxy groups -OCH3 is 1. The molecule has 1 heterocycles. The van der Waals surface area contributed by atoms with Gasteiger partial charge in [0.05, 0.1) is 12.0 Å². The van der Waals surface area contributed by atoms with Crippen LogP contribution in [-0.2, 0) is 9.53 Å². The van der Waals surface area contributed by atoms with Crippen LogP contribution in [0.4, 0.5) is 0 Å². The maximum Gasteiger partial charge on any atom is 0.227 e. The van der Waals surface area contributed by atoms with Crippen molar-refractivity contribution >= 4 is 5.91 Å². The third-order valence-corrected chi connectivity index (χ3v) is 4.20. The summed E-state index contributed by atoms with van der Waals surface area (Å²) in [5.41, 5.74) is 7.24. The van der Waals surface area contributed by atoms with Crippen LogP contribution in [0.15, 0.2) is 30.3 Å². The Bertz CT molecular complexity index is 427. The minimum Gasteiger partial charge on any atom is -0.381 e. The van der Waals surface area contributed by atoms with Crippen molar-refractivity contribution in [3.63, 3.8) is 0 Å². The first-order valence-electron chi connectivity index (χ1n) is 7.25. The highest BCUT2D eigenvalue weighted by Crippen LogP contribution is 2.23. The van der Waals surface area contributed by atoms with Crippen LogP contribution in [0.5, 0.6) is 0 Å². The normalized spacial score (nSPS) is 19.6. The number of likely N-dealkylation sites (tertiary alicyclic amines) is 1. The van der Waals surface area contributed by atoms with Gasteiger partial charge in [0.1, 0.15) is 0 Å². The number of piperidine rings is 1. The monoisotopic (exact) mass is 276 g/mol. The summed E-state index contributed by atoms with van der Waals surface area (Å²) < 4.78 is 5.33. The number of rotatable bonds is 4. The van der Waals surface area contributed by atoms with E-state index in [-0.39, 0.29) is 24.0 Å². The average Bonchev–Trinajstić information content (AvgIpc) is 2.53. The van der Waals surface area contributed by atoms with Gasteiger partial charge in [0.2, 0.25) is 5.91 Å². The van der Waals surface area contributed by atoms with E-state index >= 15 is 0 Å². The summed E-state index contributed by atoms with van der Waals surface area (Å²) in [5, 5.41) is 0. The van der Waals surface area contributed by atoms with Crippen LogP contribution in [0, 0.1) is 5.92 Å². The van der Waals surface area contributed by atoms with Gasteiger partial charge in [0.25, 0.3) is 0 Å². The van der Waals surface area contributed by atoms with Crippen LogP contribution < -0.4 is 5.73 Å². The van der Waals surface area contributed by atoms with E-state index in [9.17, 15) is 4.79 Å². The summed E-state index contributed by atoms with van der Waals surface area (Å²) in [6, 6.07) is 9.58. The third kappa shape index (κ3) is 3.38. The van der Waals surface area contributed by atoms with Crippen LogP contribution >= 0.6 is 0 Å². The largest absolute Gasteiger partial charge is 0.381 e. The van der Waals surface area contributed by atoms with E-state index < -0.39 is 0 Å². The van der Waals surface area contributed by atoms with Crippen LogP contribution in [0.3, 0.4) is 0 Å². The second-order valence-corrected chi connectivity index (χ2v) is 5.49. The Morgan fingerprint density at radius 3 is 2.45 bits per heavy atom. The molecular formula is C16H24N2O2. The van der Waals surface area contributed by atoms with Gasteiger partial charge < -0.3 is 15.4 Å². The maximum atomic E-state index is 12.5. The summed E-state index contributed by atoms with van der Waals surface area (Å²) in [6.45, 7) is 3.45. The van der Waals surface area contributed by atoms with Crippen LogP contribution in [0.25, 0.3) is 0 Å². The molecule has 1 aromatic rings. The number of hydrogen-bond acceptors (Lipinski definition) is 3. The number of carbonyl (C=O) groups is 1. The zero-order valence-corrected chi connectivity index (χ0v) is 12.3. The predicted molar refractivity (Wildman–Crippen MR) is 79.1 cm³/mol. The summed E-state index contributed by atoms with van der Waals surface area (Å²) in [5.74, 6) is -0.0487. The number of hydrogen-bond donors (Lipinski definition) is 1. The summed E-state index contributed by atoms with van der Waals surface area (Å²) in [4.78, 5) is 14.4. The summed E-state index contributed by atoms with van der Waals surface area (Å²) in [7, 11) is 1.73. The molecule has 1 fully saturated rings. The first-order chi connectivity index (χ1) is 9.63. The predicted octanol–water partition coefficient (Wildman–Crippen LogP) is 1.96. The van der Waals surface area contributed by atoms with Gasteiger partial charge in [0, 0.05) is 26.2 Å². The minimum absolute atomic E-state index is 0.149. The number of ether oxygens (including phenoxy) is 1. The van der Waals surface area contributed by atoms with Crippen LogP contribution in [0.1, 0.15) is 31.4 Å². The molecular weight excluding hydrogens is 252 g/mol. The van der Waals surface area contributed by atoms with E-state index in [2.05, 4.69) is 0 Å². The zero-order chi connectivity index (χ0) is 14.5. The third-order valence-electron chi connectivity index (χ3n) is 4.20. The van der Waals surface area contributed by atoms with Crippen molar-refractivity contribution in [1.29, 1.82) is 0 Å². The van der Waals surface area contributed by atoms with E-state index in [1.807, 2.05) is 42.2 Å². The highest BCUT2D eigenvalue weighted by molar-refractivity contribution is 5.79. The highest BCUT2D eigenvalue weighted by Gasteiger charge is 2.29. The second-order valence-electron chi connectivity index (χ2n) is 5.49. The average molecular weight is 276 g/mol. The number of benzene rings is 1. The molecule has 0 bridgehead atoms. The maximum absolute atomic E-state index is 12.5. The van der Waals surface area contributed by atoms with Crippen molar-refractivity contribution in [2.75, 3.05) is 20.2 Å². The lowest BCUT2D eigenvalue weighted by molar-refractivity contribution is -0.138. The van der Waals surface area contributed by atoms with Crippen molar-refractivity contribution in [2.45, 2.75) is 31.9 Å². The van der Waals surface area contributed by atoms with Crippen molar-refractivity contribution in [2.24, 2.45) is 11.7 Å². The summed E-state index contributed by atoms with van der Waals surface area (Å²) >= 11 is 0. The molecule has 1 amide bonds. The Balaban J connectivity index is 1.95. The van der Waals surface area contributed by atoms with Crippen molar-refractivity contribution in [1.82, 2.24) is 4.90 Å². The molecule has 0 aliphatic carbocycles. The molecule has 2 N–H and O–H groups in total. The molecule has 0 radical (unpaired) electrons. The smallest absolute Gasteiger partial charge is 0.227 e. The molecule has 110 valence electrons. The number of carbonyl (C=O) groups excluding carboxylic acids is 1. The molecule has 4 nitrogen and oxygen atoms in total. The van der Waals surface area contributed by atoms with Gasteiger partial charge in [0.15, 0.2) is 0 Å². The minimum atomic E-state index is -0.246. The Hall–Kier alpha value is -1.39. The summed E-state index contributed by atoms with van der Waals surface area (Å²) in [6.07, 6.45) is 2.11. The molecule has 1 aliphatic heterocycles. The molecule has 0 saturated carbocycles. The Labute approximate surface area is 120 Å². The zero-order valence-electron chi connectivity index (χ0n) is 12.3. The lowest BCUT2D eigenvalue weighted by atomic mass is 9.93. The first-order valence-corrected chi connectivity index (χ1v) is 7.25. The van der Waals surface area contributed by atoms with E-state index in [0.29, 0.717) is 0 Å². The van der Waals surface area contributed by atoms with Gasteiger partial charge in [-0.3, -0.25) is 4.79 Å². The van der Waals surface area contributed by atoms with Gasteiger partial charge in [-0.25, -0.2) is 0 Å². The standard InChI is InChI=1S/C16H24N2O2/c1-12(15(17)13-6-4-3-5-7-13)16(19)18-10-8-14(20-2)9-11-18/h3-7,12,14-15H,8-11,17H2,1-2H3. The van der Waals surface area contributed by atoms with Gasteiger partial charge in [-0.15, -0.1) is 0 Å². The lowest BCUT2D eigenvalue weighted by Crippen LogP contribution is -2.45. The lowest BCUT2D eigenvalue weighted by Gasteiger charge is -2.34. The van der Waals surface area contributed by atoms with Gasteiger partial charge in [-0.05, 0) is 18.4 Å². The molecule has 2 unspecified atom stereocenters. The number of nitrogens with two attached hydrogens (primary N) is 1. The van der Waals surface area contributed by atoms with Gasteiger partial charge in [-0.2, -0.15) is 0 Å². The van der Waals surface area contributed by atoms with Gasteiger partial charge in [-0.1, -0.05) is 37.3 Å². The molecule has 20 heavy (non-hydrogen) atoms. The Kier molecular flexibility index (Phi) is 5.15. The topological polar surface area (TPSA) is 55.6 Å². The Morgan fingerprint density at radius 2 is 1.90 bits per heavy atom. The number of amides is 1. The number of nitrogens with zero attached hydrogens (tertiary/aromatic N) is 1. The van der Waals surface area contributed by atoms with Gasteiger partial charge >= 0.3 is 0 Å². The SMILES string of the molecule is COC1CCN(C(=O)C(C)C(N)c2ccccc2)CC1. The van der Waals surface area contributed by atoms with Crippen molar-refractivity contribution in [3.05, 3.63) is 35.9 Å². The van der Waals surface area contributed by atoms with Crippen LogP contribution in [0.2, 0.25) is 0 Å². The van der Waals surface area contributed by atoms with Crippen molar-refractivity contribution in [3.8, 4) is 0 Å². The molecule has 1 aliphatic rings. The molecule has 4 heteroatoms. The highest BCUT2D eigenvalue weighted by atomic mass is 16.5. The first kappa shape index (κ1) is 15.0. The molecule has 0 spiro atoms. The molecule has 2 atom stereocenters. The van der Waals surface area contributed by atoms with E-state index in [0.717, 1.165) is 31.5 Å².